The van der Waals surface area contributed by atoms with Crippen molar-refractivity contribution >= 4 is 27.0 Å². The number of hydrogen-bond acceptors (Lipinski definition) is 3. The highest BCUT2D eigenvalue weighted by Crippen LogP contribution is 2.25. The molecule has 0 spiro atoms. The number of fused-ring (bicyclic) bond motifs is 1. The Morgan fingerprint density at radius 1 is 1.29 bits per heavy atom. The molecule has 0 radical (unpaired) electrons. The minimum absolute atomic E-state index is 0.0654. The van der Waals surface area contributed by atoms with Crippen molar-refractivity contribution in [1.82, 2.24) is 4.98 Å². The first kappa shape index (κ1) is 11.6. The van der Waals surface area contributed by atoms with Gasteiger partial charge >= 0.3 is 16.1 Å². The summed E-state index contributed by atoms with van der Waals surface area (Å²) in [5.41, 5.74) is 0.534. The summed E-state index contributed by atoms with van der Waals surface area (Å²) in [6.45, 7) is 0. The molecule has 2 rings (SSSR count). The number of para-hydroxylation sites is 1. The van der Waals surface area contributed by atoms with Gasteiger partial charge in [-0.05, 0) is 6.07 Å². The monoisotopic (exact) mass is 255 g/mol. The topological polar surface area (TPSA) is 107 Å². The molecule has 0 fully saturated rings. The van der Waals surface area contributed by atoms with Gasteiger partial charge in [-0.1, -0.05) is 18.2 Å². The van der Waals surface area contributed by atoms with Crippen LogP contribution in [-0.2, 0) is 21.3 Å². The molecule has 0 saturated carbocycles. The van der Waals surface area contributed by atoms with Crippen molar-refractivity contribution in [3.63, 3.8) is 0 Å². The molecule has 0 aliphatic heterocycles. The number of aliphatic carboxylic acids is 1. The molecule has 1 heterocycles. The van der Waals surface area contributed by atoms with Crippen molar-refractivity contribution < 1.29 is 22.9 Å². The number of carbonyl (C=O) groups is 1. The number of carboxylic acid groups (broad SMARTS) is 1. The lowest BCUT2D eigenvalue weighted by Crippen LogP contribution is -2.06. The lowest BCUT2D eigenvalue weighted by Gasteiger charge is -1.98. The van der Waals surface area contributed by atoms with Crippen molar-refractivity contribution in [1.29, 1.82) is 0 Å². The van der Waals surface area contributed by atoms with Crippen molar-refractivity contribution in [2.75, 3.05) is 0 Å². The quantitative estimate of drug-likeness (QED) is 0.710. The third-order valence-corrected chi connectivity index (χ3v) is 3.22. The zero-order valence-corrected chi connectivity index (χ0v) is 9.36. The van der Waals surface area contributed by atoms with Gasteiger partial charge in [0.05, 0.1) is 6.42 Å². The van der Waals surface area contributed by atoms with Crippen LogP contribution in [0.2, 0.25) is 0 Å². The summed E-state index contributed by atoms with van der Waals surface area (Å²) in [5.74, 6) is -1.17. The summed E-state index contributed by atoms with van der Waals surface area (Å²) in [7, 11) is -4.46. The number of rotatable bonds is 3. The van der Waals surface area contributed by atoms with E-state index in [0.717, 1.165) is 0 Å². The number of aromatic amines is 1. The van der Waals surface area contributed by atoms with Crippen molar-refractivity contribution in [3.05, 3.63) is 29.8 Å². The molecule has 6 nitrogen and oxygen atoms in total. The largest absolute Gasteiger partial charge is 0.481 e. The normalized spacial score (nSPS) is 11.8. The fraction of sp³-hybridized carbons (Fsp3) is 0.100. The predicted molar refractivity (Wildman–Crippen MR) is 59.5 cm³/mol. The molecule has 2 aromatic rings. The SMILES string of the molecule is O=C(O)Cc1c(S(=O)(=O)O)[nH]c2ccccc12. The third-order valence-electron chi connectivity index (χ3n) is 2.36. The Morgan fingerprint density at radius 2 is 1.94 bits per heavy atom. The fourth-order valence-electron chi connectivity index (χ4n) is 1.72. The highest BCUT2D eigenvalue weighted by atomic mass is 32.2. The molecule has 1 aromatic carbocycles. The Kier molecular flexibility index (Phi) is 2.64. The highest BCUT2D eigenvalue weighted by molar-refractivity contribution is 7.85. The van der Waals surface area contributed by atoms with E-state index in [9.17, 15) is 13.2 Å². The molecule has 90 valence electrons. The number of hydrogen-bond donors (Lipinski definition) is 3. The molecular weight excluding hydrogens is 246 g/mol. The average Bonchev–Trinajstić information content (AvgIpc) is 2.56. The van der Waals surface area contributed by atoms with Gasteiger partial charge in [-0.3, -0.25) is 9.35 Å². The van der Waals surface area contributed by atoms with Gasteiger partial charge in [-0.2, -0.15) is 8.42 Å². The number of aromatic nitrogens is 1. The van der Waals surface area contributed by atoms with Crippen LogP contribution in [0.3, 0.4) is 0 Å². The van der Waals surface area contributed by atoms with Crippen LogP contribution >= 0.6 is 0 Å². The van der Waals surface area contributed by atoms with E-state index >= 15 is 0 Å². The Labute approximate surface area is 96.6 Å². The van der Waals surface area contributed by atoms with E-state index in [1.54, 1.807) is 24.3 Å². The number of benzene rings is 1. The van der Waals surface area contributed by atoms with Gasteiger partial charge in [0.15, 0.2) is 5.03 Å². The summed E-state index contributed by atoms with van der Waals surface area (Å²) in [6.07, 6.45) is -0.473. The molecule has 7 heteroatoms. The van der Waals surface area contributed by atoms with Gasteiger partial charge < -0.3 is 10.1 Å². The Balaban J connectivity index is 2.78. The molecule has 0 aliphatic carbocycles. The van der Waals surface area contributed by atoms with Gasteiger partial charge in [0.1, 0.15) is 0 Å². The maximum atomic E-state index is 11.1. The van der Waals surface area contributed by atoms with E-state index < -0.39 is 27.5 Å². The predicted octanol–water partition coefficient (Wildman–Crippen LogP) is 1.04. The standard InChI is InChI=1S/C10H9NO5S/c12-9(13)5-7-6-3-1-2-4-8(6)11-10(7)17(14,15)16/h1-4,11H,5H2,(H,12,13)(H,14,15,16). The van der Waals surface area contributed by atoms with E-state index in [2.05, 4.69) is 4.98 Å². The van der Waals surface area contributed by atoms with E-state index in [1.165, 1.54) is 0 Å². The van der Waals surface area contributed by atoms with Gasteiger partial charge in [0.2, 0.25) is 0 Å². The van der Waals surface area contributed by atoms with Crippen LogP contribution in [0.15, 0.2) is 29.3 Å². The number of carboxylic acids is 1. The molecule has 0 aliphatic rings. The smallest absolute Gasteiger partial charge is 0.310 e. The zero-order chi connectivity index (χ0) is 12.6. The second-order valence-electron chi connectivity index (χ2n) is 3.52. The summed E-state index contributed by atoms with van der Waals surface area (Å²) in [6, 6.07) is 6.54. The summed E-state index contributed by atoms with van der Waals surface area (Å²) >= 11 is 0. The average molecular weight is 255 g/mol. The maximum Gasteiger partial charge on any atom is 0.310 e. The van der Waals surface area contributed by atoms with E-state index in [4.69, 9.17) is 9.66 Å². The first-order valence-electron chi connectivity index (χ1n) is 4.68. The zero-order valence-electron chi connectivity index (χ0n) is 8.54. The summed E-state index contributed by atoms with van der Waals surface area (Å²) in [4.78, 5) is 13.2. The van der Waals surface area contributed by atoms with E-state index in [0.29, 0.717) is 10.9 Å². The fourth-order valence-corrected chi connectivity index (χ4v) is 2.45. The maximum absolute atomic E-state index is 11.1. The van der Waals surface area contributed by atoms with Gasteiger partial charge in [0.25, 0.3) is 0 Å². The first-order valence-corrected chi connectivity index (χ1v) is 6.12. The second kappa shape index (κ2) is 3.86. The molecular formula is C10H9NO5S. The summed E-state index contributed by atoms with van der Waals surface area (Å²) < 4.78 is 31.3. The van der Waals surface area contributed by atoms with Crippen LogP contribution in [-0.4, -0.2) is 29.0 Å². The number of H-pyrrole nitrogens is 1. The lowest BCUT2D eigenvalue weighted by atomic mass is 10.1. The highest BCUT2D eigenvalue weighted by Gasteiger charge is 2.22. The molecule has 17 heavy (non-hydrogen) atoms. The molecule has 3 N–H and O–H groups in total. The van der Waals surface area contributed by atoms with Crippen molar-refractivity contribution in [3.8, 4) is 0 Å². The number of nitrogens with one attached hydrogen (secondary N) is 1. The first-order chi connectivity index (χ1) is 7.89. The Hall–Kier alpha value is -1.86. The Morgan fingerprint density at radius 3 is 2.53 bits per heavy atom. The van der Waals surface area contributed by atoms with Crippen LogP contribution in [0.25, 0.3) is 10.9 Å². The molecule has 0 amide bonds. The van der Waals surface area contributed by atoms with Crippen molar-refractivity contribution in [2.24, 2.45) is 0 Å². The Bertz CT molecular complexity index is 686. The molecule has 0 saturated heterocycles. The molecule has 0 bridgehead atoms. The van der Waals surface area contributed by atoms with Crippen LogP contribution in [0, 0.1) is 0 Å². The van der Waals surface area contributed by atoms with Crippen LogP contribution in [0.4, 0.5) is 0 Å². The minimum Gasteiger partial charge on any atom is -0.481 e. The van der Waals surface area contributed by atoms with Gasteiger partial charge in [-0.15, -0.1) is 0 Å². The van der Waals surface area contributed by atoms with Crippen LogP contribution in [0.5, 0.6) is 0 Å². The molecule has 1 aromatic heterocycles. The van der Waals surface area contributed by atoms with Crippen LogP contribution in [0.1, 0.15) is 5.56 Å². The molecule has 0 unspecified atom stereocenters. The second-order valence-corrected chi connectivity index (χ2v) is 4.88. The van der Waals surface area contributed by atoms with E-state index in [1.807, 2.05) is 0 Å². The van der Waals surface area contributed by atoms with E-state index in [-0.39, 0.29) is 5.56 Å². The molecule has 0 atom stereocenters. The van der Waals surface area contributed by atoms with Gasteiger partial charge in [0, 0.05) is 16.5 Å². The van der Waals surface area contributed by atoms with Gasteiger partial charge in [-0.25, -0.2) is 0 Å². The van der Waals surface area contributed by atoms with Crippen molar-refractivity contribution in [2.45, 2.75) is 11.4 Å². The summed E-state index contributed by atoms with van der Waals surface area (Å²) in [5, 5.41) is 8.76. The lowest BCUT2D eigenvalue weighted by molar-refractivity contribution is -0.136. The van der Waals surface area contributed by atoms with Crippen LogP contribution < -0.4 is 0 Å². The minimum atomic E-state index is -4.46. The third kappa shape index (κ3) is 2.15.